The molecular formula is C16H17BrN2O3S2. The number of anilines is 1. The molecule has 1 amide bonds. The molecule has 2 heterocycles. The molecule has 2 aromatic rings. The van der Waals surface area contributed by atoms with Gasteiger partial charge in [-0.15, -0.1) is 11.3 Å². The molecule has 0 N–H and O–H groups in total. The molecule has 1 saturated heterocycles. The normalized spacial score (nSPS) is 15.5. The van der Waals surface area contributed by atoms with Crippen molar-refractivity contribution in [3.63, 3.8) is 0 Å². The number of halogens is 1. The van der Waals surface area contributed by atoms with Gasteiger partial charge in [-0.05, 0) is 58.7 Å². The number of thiophene rings is 1. The smallest absolute Gasteiger partial charge is 0.243 e. The van der Waals surface area contributed by atoms with Crippen molar-refractivity contribution in [2.45, 2.75) is 24.3 Å². The number of hydrogen-bond acceptors (Lipinski definition) is 4. The highest BCUT2D eigenvalue weighted by Gasteiger charge is 2.24. The summed E-state index contributed by atoms with van der Waals surface area (Å²) in [6.07, 6.45) is 1.40. The Morgan fingerprint density at radius 3 is 2.46 bits per heavy atom. The molecule has 1 aromatic carbocycles. The SMILES string of the molecule is CN(Cc1ccc(Br)s1)S(=O)(=O)c1ccc(N2CCCC2=O)cc1. The van der Waals surface area contributed by atoms with Crippen molar-refractivity contribution in [1.82, 2.24) is 4.31 Å². The summed E-state index contributed by atoms with van der Waals surface area (Å²) in [6, 6.07) is 10.3. The summed E-state index contributed by atoms with van der Waals surface area (Å²) >= 11 is 4.89. The van der Waals surface area contributed by atoms with E-state index in [0.717, 1.165) is 20.8 Å². The zero-order valence-corrected chi connectivity index (χ0v) is 16.3. The van der Waals surface area contributed by atoms with Crippen molar-refractivity contribution in [3.05, 3.63) is 45.1 Å². The first-order chi connectivity index (χ1) is 11.4. The standard InChI is InChI=1S/C16H17BrN2O3S2/c1-18(11-13-6-9-15(17)23-13)24(21,22)14-7-4-12(5-8-14)19-10-2-3-16(19)20/h4-9H,2-3,10-11H2,1H3. The van der Waals surface area contributed by atoms with Crippen LogP contribution in [0.25, 0.3) is 0 Å². The van der Waals surface area contributed by atoms with Gasteiger partial charge in [0.25, 0.3) is 0 Å². The molecule has 0 bridgehead atoms. The Bertz CT molecular complexity index is 846. The predicted octanol–water partition coefficient (Wildman–Crippen LogP) is 3.46. The van der Waals surface area contributed by atoms with Gasteiger partial charge in [0, 0.05) is 37.1 Å². The lowest BCUT2D eigenvalue weighted by Crippen LogP contribution is -2.26. The van der Waals surface area contributed by atoms with E-state index in [0.29, 0.717) is 19.5 Å². The Balaban J connectivity index is 1.77. The van der Waals surface area contributed by atoms with Gasteiger partial charge in [-0.3, -0.25) is 4.79 Å². The van der Waals surface area contributed by atoms with Crippen molar-refractivity contribution in [2.75, 3.05) is 18.5 Å². The maximum absolute atomic E-state index is 12.7. The molecule has 0 radical (unpaired) electrons. The Morgan fingerprint density at radius 2 is 1.92 bits per heavy atom. The van der Waals surface area contributed by atoms with Gasteiger partial charge in [0.2, 0.25) is 15.9 Å². The summed E-state index contributed by atoms with van der Waals surface area (Å²) in [7, 11) is -1.99. The minimum atomic E-state index is -3.56. The molecular weight excluding hydrogens is 412 g/mol. The number of rotatable bonds is 5. The molecule has 5 nitrogen and oxygen atoms in total. The van der Waals surface area contributed by atoms with Gasteiger partial charge >= 0.3 is 0 Å². The van der Waals surface area contributed by atoms with E-state index >= 15 is 0 Å². The lowest BCUT2D eigenvalue weighted by Gasteiger charge is -2.18. The Labute approximate surface area is 154 Å². The number of hydrogen-bond donors (Lipinski definition) is 0. The van der Waals surface area contributed by atoms with E-state index in [1.165, 1.54) is 15.6 Å². The fourth-order valence-electron chi connectivity index (χ4n) is 2.64. The highest BCUT2D eigenvalue weighted by molar-refractivity contribution is 9.11. The quantitative estimate of drug-likeness (QED) is 0.732. The molecule has 0 aliphatic carbocycles. The van der Waals surface area contributed by atoms with E-state index in [2.05, 4.69) is 15.9 Å². The number of nitrogens with zero attached hydrogens (tertiary/aromatic N) is 2. The number of benzene rings is 1. The third kappa shape index (κ3) is 3.56. The van der Waals surface area contributed by atoms with E-state index in [9.17, 15) is 13.2 Å². The van der Waals surface area contributed by atoms with E-state index in [-0.39, 0.29) is 10.8 Å². The summed E-state index contributed by atoms with van der Waals surface area (Å²) in [6.45, 7) is 1.02. The van der Waals surface area contributed by atoms with Crippen LogP contribution in [0.4, 0.5) is 5.69 Å². The average molecular weight is 429 g/mol. The van der Waals surface area contributed by atoms with Crippen LogP contribution in [0.1, 0.15) is 17.7 Å². The van der Waals surface area contributed by atoms with Crippen LogP contribution < -0.4 is 4.90 Å². The first-order valence-corrected chi connectivity index (χ1v) is 10.5. The molecule has 1 fully saturated rings. The van der Waals surface area contributed by atoms with Gasteiger partial charge in [0.1, 0.15) is 0 Å². The van der Waals surface area contributed by atoms with Crippen LogP contribution in [0.5, 0.6) is 0 Å². The zero-order valence-electron chi connectivity index (χ0n) is 13.1. The average Bonchev–Trinajstić information content (AvgIpc) is 3.16. The van der Waals surface area contributed by atoms with Crippen LogP contribution >= 0.6 is 27.3 Å². The Hall–Kier alpha value is -1.22. The third-order valence-corrected chi connectivity index (χ3v) is 7.36. The van der Waals surface area contributed by atoms with Gasteiger partial charge < -0.3 is 4.90 Å². The molecule has 128 valence electrons. The van der Waals surface area contributed by atoms with Crippen molar-refractivity contribution >= 4 is 48.9 Å². The van der Waals surface area contributed by atoms with Gasteiger partial charge in [0.15, 0.2) is 0 Å². The van der Waals surface area contributed by atoms with Gasteiger partial charge in [0.05, 0.1) is 8.68 Å². The van der Waals surface area contributed by atoms with Crippen molar-refractivity contribution < 1.29 is 13.2 Å². The Morgan fingerprint density at radius 1 is 1.21 bits per heavy atom. The van der Waals surface area contributed by atoms with E-state index in [1.807, 2.05) is 12.1 Å². The molecule has 1 aliphatic rings. The maximum atomic E-state index is 12.7. The van der Waals surface area contributed by atoms with Gasteiger partial charge in [-0.25, -0.2) is 8.42 Å². The minimum Gasteiger partial charge on any atom is -0.312 e. The van der Waals surface area contributed by atoms with E-state index in [1.54, 1.807) is 36.2 Å². The van der Waals surface area contributed by atoms with Crippen LogP contribution in [-0.2, 0) is 21.4 Å². The second-order valence-corrected chi connectivity index (χ2v) is 10.2. The summed E-state index contributed by atoms with van der Waals surface area (Å²) in [5.74, 6) is 0.0889. The van der Waals surface area contributed by atoms with Crippen LogP contribution in [0, 0.1) is 0 Å². The van der Waals surface area contributed by atoms with Gasteiger partial charge in [-0.2, -0.15) is 4.31 Å². The number of carbonyl (C=O) groups is 1. The highest BCUT2D eigenvalue weighted by atomic mass is 79.9. The number of carbonyl (C=O) groups excluding carboxylic acids is 1. The molecule has 0 saturated carbocycles. The first-order valence-electron chi connectivity index (χ1n) is 7.49. The van der Waals surface area contributed by atoms with Crippen molar-refractivity contribution in [1.29, 1.82) is 0 Å². The lowest BCUT2D eigenvalue weighted by atomic mass is 10.3. The molecule has 0 spiro atoms. The van der Waals surface area contributed by atoms with Gasteiger partial charge in [-0.1, -0.05) is 0 Å². The number of sulfonamides is 1. The van der Waals surface area contributed by atoms with Crippen LogP contribution in [0.3, 0.4) is 0 Å². The summed E-state index contributed by atoms with van der Waals surface area (Å²) < 4.78 is 27.7. The molecule has 1 aliphatic heterocycles. The minimum absolute atomic E-state index is 0.0889. The van der Waals surface area contributed by atoms with Crippen LogP contribution in [0.15, 0.2) is 45.1 Å². The third-order valence-electron chi connectivity index (χ3n) is 3.94. The molecule has 3 rings (SSSR count). The molecule has 0 atom stereocenters. The van der Waals surface area contributed by atoms with Crippen LogP contribution in [-0.4, -0.2) is 32.2 Å². The van der Waals surface area contributed by atoms with Crippen LogP contribution in [0.2, 0.25) is 0 Å². The number of amides is 1. The molecule has 1 aromatic heterocycles. The fraction of sp³-hybridized carbons (Fsp3) is 0.312. The lowest BCUT2D eigenvalue weighted by molar-refractivity contribution is -0.117. The largest absolute Gasteiger partial charge is 0.312 e. The van der Waals surface area contributed by atoms with Crippen molar-refractivity contribution in [2.24, 2.45) is 0 Å². The monoisotopic (exact) mass is 428 g/mol. The second kappa shape index (κ2) is 6.95. The van der Waals surface area contributed by atoms with E-state index < -0.39 is 10.0 Å². The van der Waals surface area contributed by atoms with Crippen molar-refractivity contribution in [3.8, 4) is 0 Å². The Kier molecular flexibility index (Phi) is 5.10. The summed E-state index contributed by atoms with van der Waals surface area (Å²) in [5.41, 5.74) is 0.751. The zero-order chi connectivity index (χ0) is 17.3. The summed E-state index contributed by atoms with van der Waals surface area (Å²) in [5, 5.41) is 0. The molecule has 24 heavy (non-hydrogen) atoms. The maximum Gasteiger partial charge on any atom is 0.243 e. The topological polar surface area (TPSA) is 57.7 Å². The summed E-state index contributed by atoms with van der Waals surface area (Å²) in [4.78, 5) is 14.7. The fourth-order valence-corrected chi connectivity index (χ4v) is 5.41. The first kappa shape index (κ1) is 17.6. The highest BCUT2D eigenvalue weighted by Crippen LogP contribution is 2.27. The molecule has 8 heteroatoms. The predicted molar refractivity (Wildman–Crippen MR) is 98.7 cm³/mol. The van der Waals surface area contributed by atoms with E-state index in [4.69, 9.17) is 0 Å². The molecule has 0 unspecified atom stereocenters. The second-order valence-electron chi connectivity index (χ2n) is 5.61.